The minimum Gasteiger partial charge on any atom is -0.355 e. The van der Waals surface area contributed by atoms with Crippen molar-refractivity contribution in [1.29, 1.82) is 0 Å². The molecule has 0 radical (unpaired) electrons. The van der Waals surface area contributed by atoms with E-state index in [9.17, 15) is 4.79 Å². The molecule has 0 spiro atoms. The maximum absolute atomic E-state index is 12.1. The Morgan fingerprint density at radius 2 is 1.74 bits per heavy atom. The fourth-order valence-electron chi connectivity index (χ4n) is 2.27. The van der Waals surface area contributed by atoms with E-state index in [0.717, 1.165) is 37.3 Å². The first-order valence-corrected chi connectivity index (χ1v) is 8.00. The molecule has 0 aliphatic carbocycles. The SMILES string of the molecule is CCCN(CCC)c1ccc(C(=O)NCc2ccncc2)nn1. The summed E-state index contributed by atoms with van der Waals surface area (Å²) in [6, 6.07) is 7.31. The summed E-state index contributed by atoms with van der Waals surface area (Å²) < 4.78 is 0. The maximum Gasteiger partial charge on any atom is 0.272 e. The van der Waals surface area contributed by atoms with E-state index in [2.05, 4.69) is 39.2 Å². The monoisotopic (exact) mass is 313 g/mol. The van der Waals surface area contributed by atoms with Crippen molar-refractivity contribution in [2.75, 3.05) is 18.0 Å². The number of aromatic nitrogens is 3. The number of carbonyl (C=O) groups excluding carboxylic acids is 1. The first-order valence-electron chi connectivity index (χ1n) is 8.00. The Morgan fingerprint density at radius 3 is 2.30 bits per heavy atom. The fourth-order valence-corrected chi connectivity index (χ4v) is 2.27. The van der Waals surface area contributed by atoms with Crippen LogP contribution < -0.4 is 10.2 Å². The Bertz CT molecular complexity index is 594. The minimum absolute atomic E-state index is 0.224. The lowest BCUT2D eigenvalue weighted by molar-refractivity contribution is 0.0945. The number of nitrogens with zero attached hydrogens (tertiary/aromatic N) is 4. The average Bonchev–Trinajstić information content (AvgIpc) is 2.60. The fraction of sp³-hybridized carbons (Fsp3) is 0.412. The summed E-state index contributed by atoms with van der Waals surface area (Å²) in [5, 5.41) is 11.1. The van der Waals surface area contributed by atoms with Crippen LogP contribution in [0.3, 0.4) is 0 Å². The summed E-state index contributed by atoms with van der Waals surface area (Å²) in [5.74, 6) is 0.595. The summed E-state index contributed by atoms with van der Waals surface area (Å²) >= 11 is 0. The molecule has 2 aromatic rings. The predicted octanol–water partition coefficient (Wildman–Crippen LogP) is 2.43. The third-order valence-corrected chi connectivity index (χ3v) is 3.40. The molecule has 23 heavy (non-hydrogen) atoms. The lowest BCUT2D eigenvalue weighted by Gasteiger charge is -2.21. The highest BCUT2D eigenvalue weighted by atomic mass is 16.1. The van der Waals surface area contributed by atoms with Gasteiger partial charge in [0, 0.05) is 32.0 Å². The number of nitrogens with one attached hydrogen (secondary N) is 1. The number of pyridine rings is 1. The molecule has 0 unspecified atom stereocenters. The highest BCUT2D eigenvalue weighted by Crippen LogP contribution is 2.11. The number of amides is 1. The topological polar surface area (TPSA) is 71.0 Å². The van der Waals surface area contributed by atoms with Crippen molar-refractivity contribution in [2.24, 2.45) is 0 Å². The molecule has 0 aliphatic rings. The molecule has 6 heteroatoms. The molecule has 0 saturated carbocycles. The Labute approximate surface area is 137 Å². The lowest BCUT2D eigenvalue weighted by atomic mass is 10.2. The second kappa shape index (κ2) is 8.82. The van der Waals surface area contributed by atoms with Crippen molar-refractivity contribution in [3.63, 3.8) is 0 Å². The first kappa shape index (κ1) is 16.9. The van der Waals surface area contributed by atoms with E-state index in [1.807, 2.05) is 18.2 Å². The van der Waals surface area contributed by atoms with Crippen LogP contribution in [0.4, 0.5) is 5.82 Å². The highest BCUT2D eigenvalue weighted by Gasteiger charge is 2.11. The molecule has 6 nitrogen and oxygen atoms in total. The van der Waals surface area contributed by atoms with E-state index in [4.69, 9.17) is 0 Å². The van der Waals surface area contributed by atoms with Gasteiger partial charge in [-0.25, -0.2) is 0 Å². The Kier molecular flexibility index (Phi) is 6.47. The van der Waals surface area contributed by atoms with Gasteiger partial charge in [0.15, 0.2) is 11.5 Å². The smallest absolute Gasteiger partial charge is 0.272 e. The zero-order valence-corrected chi connectivity index (χ0v) is 13.7. The molecule has 2 aromatic heterocycles. The normalized spacial score (nSPS) is 10.3. The highest BCUT2D eigenvalue weighted by molar-refractivity contribution is 5.92. The zero-order valence-electron chi connectivity index (χ0n) is 13.7. The second-order valence-corrected chi connectivity index (χ2v) is 5.30. The number of hydrogen-bond donors (Lipinski definition) is 1. The van der Waals surface area contributed by atoms with Crippen LogP contribution in [-0.2, 0) is 6.54 Å². The van der Waals surface area contributed by atoms with Gasteiger partial charge in [-0.3, -0.25) is 9.78 Å². The summed E-state index contributed by atoms with van der Waals surface area (Å²) in [4.78, 5) is 18.2. The van der Waals surface area contributed by atoms with Gasteiger partial charge >= 0.3 is 0 Å². The third kappa shape index (κ3) is 5.02. The van der Waals surface area contributed by atoms with E-state index in [1.54, 1.807) is 18.5 Å². The van der Waals surface area contributed by atoms with Crippen LogP contribution in [0, 0.1) is 0 Å². The predicted molar refractivity (Wildman–Crippen MR) is 90.2 cm³/mol. The molecule has 0 atom stereocenters. The Morgan fingerprint density at radius 1 is 1.04 bits per heavy atom. The van der Waals surface area contributed by atoms with E-state index in [-0.39, 0.29) is 5.91 Å². The van der Waals surface area contributed by atoms with Crippen LogP contribution in [0.25, 0.3) is 0 Å². The molecule has 0 fully saturated rings. The molecular formula is C17H23N5O. The largest absolute Gasteiger partial charge is 0.355 e. The minimum atomic E-state index is -0.224. The van der Waals surface area contributed by atoms with Crippen LogP contribution in [0.15, 0.2) is 36.7 Å². The molecule has 122 valence electrons. The van der Waals surface area contributed by atoms with Crippen LogP contribution in [-0.4, -0.2) is 34.2 Å². The molecule has 0 bridgehead atoms. The van der Waals surface area contributed by atoms with Gasteiger partial charge in [-0.1, -0.05) is 13.8 Å². The summed E-state index contributed by atoms with van der Waals surface area (Å²) in [6.07, 6.45) is 5.50. The molecule has 1 amide bonds. The van der Waals surface area contributed by atoms with Crippen molar-refractivity contribution in [1.82, 2.24) is 20.5 Å². The van der Waals surface area contributed by atoms with Gasteiger partial charge in [0.25, 0.3) is 5.91 Å². The molecule has 2 rings (SSSR count). The Balaban J connectivity index is 1.96. The Hall–Kier alpha value is -2.50. The number of hydrogen-bond acceptors (Lipinski definition) is 5. The molecule has 1 N–H and O–H groups in total. The van der Waals surface area contributed by atoms with Gasteiger partial charge < -0.3 is 10.2 Å². The summed E-state index contributed by atoms with van der Waals surface area (Å²) in [5.41, 5.74) is 1.32. The van der Waals surface area contributed by atoms with Crippen LogP contribution in [0.2, 0.25) is 0 Å². The summed E-state index contributed by atoms with van der Waals surface area (Å²) in [6.45, 7) is 6.60. The van der Waals surface area contributed by atoms with Gasteiger partial charge in [-0.05, 0) is 42.7 Å². The molecule has 0 aliphatic heterocycles. The number of anilines is 1. The van der Waals surface area contributed by atoms with Crippen molar-refractivity contribution in [2.45, 2.75) is 33.2 Å². The van der Waals surface area contributed by atoms with Crippen molar-refractivity contribution < 1.29 is 4.79 Å². The van der Waals surface area contributed by atoms with E-state index >= 15 is 0 Å². The molecular weight excluding hydrogens is 290 g/mol. The van der Waals surface area contributed by atoms with Crippen molar-refractivity contribution in [3.05, 3.63) is 47.9 Å². The zero-order chi connectivity index (χ0) is 16.5. The van der Waals surface area contributed by atoms with Gasteiger partial charge in [0.1, 0.15) is 0 Å². The number of carbonyl (C=O) groups is 1. The molecule has 0 saturated heterocycles. The standard InChI is InChI=1S/C17H23N5O/c1-3-11-22(12-4-2)16-6-5-15(20-21-16)17(23)19-13-14-7-9-18-10-8-14/h5-10H,3-4,11-13H2,1-2H3,(H,19,23). The number of rotatable bonds is 8. The average molecular weight is 313 g/mol. The van der Waals surface area contributed by atoms with Gasteiger partial charge in [-0.15, -0.1) is 10.2 Å². The van der Waals surface area contributed by atoms with Crippen LogP contribution >= 0.6 is 0 Å². The van der Waals surface area contributed by atoms with Crippen molar-refractivity contribution in [3.8, 4) is 0 Å². The quantitative estimate of drug-likeness (QED) is 0.810. The van der Waals surface area contributed by atoms with E-state index in [1.165, 1.54) is 0 Å². The third-order valence-electron chi connectivity index (χ3n) is 3.40. The van der Waals surface area contributed by atoms with Crippen LogP contribution in [0.1, 0.15) is 42.7 Å². The van der Waals surface area contributed by atoms with Gasteiger partial charge in [0.2, 0.25) is 0 Å². The first-order chi connectivity index (χ1) is 11.2. The second-order valence-electron chi connectivity index (χ2n) is 5.30. The van der Waals surface area contributed by atoms with E-state index in [0.29, 0.717) is 12.2 Å². The molecule has 2 heterocycles. The maximum atomic E-state index is 12.1. The summed E-state index contributed by atoms with van der Waals surface area (Å²) in [7, 11) is 0. The van der Waals surface area contributed by atoms with Gasteiger partial charge in [0.05, 0.1) is 0 Å². The van der Waals surface area contributed by atoms with Crippen LogP contribution in [0.5, 0.6) is 0 Å². The lowest BCUT2D eigenvalue weighted by Crippen LogP contribution is -2.27. The molecule has 0 aromatic carbocycles. The van der Waals surface area contributed by atoms with E-state index < -0.39 is 0 Å². The van der Waals surface area contributed by atoms with Gasteiger partial charge in [-0.2, -0.15) is 0 Å². The van der Waals surface area contributed by atoms with Crippen molar-refractivity contribution >= 4 is 11.7 Å².